The predicted molar refractivity (Wildman–Crippen MR) is 107 cm³/mol. The molecule has 0 aliphatic rings. The number of benzene rings is 1. The van der Waals surface area contributed by atoms with Crippen LogP contribution in [0, 0.1) is 18.3 Å². The van der Waals surface area contributed by atoms with E-state index in [0.29, 0.717) is 40.8 Å². The van der Waals surface area contributed by atoms with Gasteiger partial charge in [-0.1, -0.05) is 0 Å². The van der Waals surface area contributed by atoms with Gasteiger partial charge >= 0.3 is 5.97 Å². The van der Waals surface area contributed by atoms with Crippen LogP contribution in [0.4, 0.5) is 0 Å². The Kier molecular flexibility index (Phi) is 5.76. The molecule has 1 amide bonds. The van der Waals surface area contributed by atoms with Gasteiger partial charge in [-0.25, -0.2) is 9.78 Å². The predicted octanol–water partition coefficient (Wildman–Crippen LogP) is 3.26. The fourth-order valence-corrected chi connectivity index (χ4v) is 3.92. The number of ether oxygens (including phenoxy) is 1. The molecule has 3 aromatic rings. The number of aryl methyl sites for hydroxylation is 1. The Morgan fingerprint density at radius 2 is 2.18 bits per heavy atom. The van der Waals surface area contributed by atoms with Crippen molar-refractivity contribution >= 4 is 34.1 Å². The molecule has 3 rings (SSSR count). The number of esters is 1. The summed E-state index contributed by atoms with van der Waals surface area (Å²) in [5, 5.41) is 13.8. The number of carbonyl (C=O) groups excluding carboxylic acids is 2. The first-order valence-corrected chi connectivity index (χ1v) is 9.68. The highest BCUT2D eigenvalue weighted by Gasteiger charge is 2.18. The summed E-state index contributed by atoms with van der Waals surface area (Å²) in [5.74, 6) is -0.456. The second kappa shape index (κ2) is 8.23. The van der Waals surface area contributed by atoms with Crippen molar-refractivity contribution in [1.82, 2.24) is 14.9 Å². The van der Waals surface area contributed by atoms with Crippen molar-refractivity contribution in [3.63, 3.8) is 0 Å². The second-order valence-corrected chi connectivity index (χ2v) is 7.22. The molecule has 0 aliphatic heterocycles. The highest BCUT2D eigenvalue weighted by atomic mass is 32.1. The third kappa shape index (κ3) is 3.89. The van der Waals surface area contributed by atoms with Crippen molar-refractivity contribution in [2.45, 2.75) is 27.3 Å². The second-order valence-electron chi connectivity index (χ2n) is 6.22. The Balaban J connectivity index is 1.96. The molecule has 0 saturated carbocycles. The van der Waals surface area contributed by atoms with Crippen molar-refractivity contribution in [3.05, 3.63) is 40.5 Å². The van der Waals surface area contributed by atoms with Gasteiger partial charge in [0.15, 0.2) is 0 Å². The molecule has 0 atom stereocenters. The van der Waals surface area contributed by atoms with Crippen LogP contribution in [-0.2, 0) is 16.1 Å². The van der Waals surface area contributed by atoms with Crippen LogP contribution in [0.15, 0.2) is 24.4 Å². The standard InChI is InChI=1S/C20H20N4O3S/c1-4-27-20(26)18-12(2)23-19(28-18)14-5-6-17-16(9-14)15(10-21)11-24(17)8-7-22-13(3)25/h5-6,9,11H,4,7-8H2,1-3H3,(H,22,25). The Bertz CT molecular complexity index is 1090. The topological polar surface area (TPSA) is 97.0 Å². The van der Waals surface area contributed by atoms with Crippen LogP contribution < -0.4 is 5.32 Å². The molecule has 0 spiro atoms. The monoisotopic (exact) mass is 396 g/mol. The van der Waals surface area contributed by atoms with Crippen molar-refractivity contribution in [2.24, 2.45) is 0 Å². The lowest BCUT2D eigenvalue weighted by atomic mass is 10.1. The van der Waals surface area contributed by atoms with Crippen LogP contribution in [0.2, 0.25) is 0 Å². The first-order chi connectivity index (χ1) is 13.4. The van der Waals surface area contributed by atoms with Crippen LogP contribution in [0.1, 0.15) is 34.8 Å². The molecule has 0 fully saturated rings. The summed E-state index contributed by atoms with van der Waals surface area (Å²) in [5.41, 5.74) is 2.93. The van der Waals surface area contributed by atoms with Gasteiger partial charge in [-0.3, -0.25) is 4.79 Å². The molecule has 28 heavy (non-hydrogen) atoms. The van der Waals surface area contributed by atoms with E-state index < -0.39 is 0 Å². The van der Waals surface area contributed by atoms with E-state index in [1.807, 2.05) is 22.8 Å². The third-order valence-corrected chi connectivity index (χ3v) is 5.42. The molecule has 144 valence electrons. The fourth-order valence-electron chi connectivity index (χ4n) is 2.96. The van der Waals surface area contributed by atoms with Crippen LogP contribution in [0.25, 0.3) is 21.5 Å². The molecule has 8 heteroatoms. The molecular formula is C20H20N4O3S. The Morgan fingerprint density at radius 3 is 2.86 bits per heavy atom. The maximum atomic E-state index is 12.0. The number of hydrogen-bond donors (Lipinski definition) is 1. The summed E-state index contributed by atoms with van der Waals surface area (Å²) in [4.78, 5) is 28.1. The maximum absolute atomic E-state index is 12.0. The van der Waals surface area contributed by atoms with Crippen LogP contribution in [0.5, 0.6) is 0 Å². The first-order valence-electron chi connectivity index (χ1n) is 8.87. The summed E-state index contributed by atoms with van der Waals surface area (Å²) in [6.45, 7) is 6.39. The molecular weight excluding hydrogens is 376 g/mol. The van der Waals surface area contributed by atoms with Gasteiger partial charge in [-0.05, 0) is 32.0 Å². The third-order valence-electron chi connectivity index (χ3n) is 4.23. The largest absolute Gasteiger partial charge is 0.462 e. The van der Waals surface area contributed by atoms with Gasteiger partial charge in [-0.2, -0.15) is 5.26 Å². The van der Waals surface area contributed by atoms with E-state index in [2.05, 4.69) is 16.4 Å². The quantitative estimate of drug-likeness (QED) is 0.645. The minimum Gasteiger partial charge on any atom is -0.462 e. The molecule has 0 bridgehead atoms. The number of thiazole rings is 1. The van der Waals surface area contributed by atoms with Crippen molar-refractivity contribution in [1.29, 1.82) is 5.26 Å². The summed E-state index contributed by atoms with van der Waals surface area (Å²) >= 11 is 1.28. The van der Waals surface area contributed by atoms with Crippen LogP contribution >= 0.6 is 11.3 Å². The van der Waals surface area contributed by atoms with E-state index in [1.165, 1.54) is 18.3 Å². The molecule has 0 aliphatic carbocycles. The number of amides is 1. The van der Waals surface area contributed by atoms with Crippen molar-refractivity contribution in [3.8, 4) is 16.6 Å². The summed E-state index contributed by atoms with van der Waals surface area (Å²) in [6, 6.07) is 7.99. The zero-order chi connectivity index (χ0) is 20.3. The zero-order valence-electron chi connectivity index (χ0n) is 15.9. The minimum atomic E-state index is -0.369. The molecule has 1 N–H and O–H groups in total. The molecule has 0 saturated heterocycles. The van der Waals surface area contributed by atoms with E-state index in [1.54, 1.807) is 20.0 Å². The number of aromatic nitrogens is 2. The zero-order valence-corrected chi connectivity index (χ0v) is 16.7. The number of fused-ring (bicyclic) bond motifs is 1. The van der Waals surface area contributed by atoms with Crippen LogP contribution in [-0.4, -0.2) is 34.6 Å². The number of nitriles is 1. The molecule has 7 nitrogen and oxygen atoms in total. The van der Waals surface area contributed by atoms with E-state index >= 15 is 0 Å². The van der Waals surface area contributed by atoms with E-state index in [4.69, 9.17) is 4.74 Å². The summed E-state index contributed by atoms with van der Waals surface area (Å²) < 4.78 is 7.03. The number of carbonyl (C=O) groups is 2. The van der Waals surface area contributed by atoms with E-state index in [0.717, 1.165) is 16.5 Å². The van der Waals surface area contributed by atoms with Crippen molar-refractivity contribution in [2.75, 3.05) is 13.2 Å². The fraction of sp³-hybridized carbons (Fsp3) is 0.300. The molecule has 2 aromatic heterocycles. The number of hydrogen-bond acceptors (Lipinski definition) is 6. The van der Waals surface area contributed by atoms with Gasteiger partial charge in [0.2, 0.25) is 5.91 Å². The maximum Gasteiger partial charge on any atom is 0.350 e. The van der Waals surface area contributed by atoms with Gasteiger partial charge in [0.1, 0.15) is 16.0 Å². The lowest BCUT2D eigenvalue weighted by molar-refractivity contribution is -0.118. The number of rotatable bonds is 6. The lowest BCUT2D eigenvalue weighted by Gasteiger charge is -2.06. The van der Waals surface area contributed by atoms with E-state index in [9.17, 15) is 14.9 Å². The number of nitrogens with one attached hydrogen (secondary N) is 1. The summed E-state index contributed by atoms with van der Waals surface area (Å²) in [6.07, 6.45) is 1.79. The Labute approximate surface area is 166 Å². The highest BCUT2D eigenvalue weighted by molar-refractivity contribution is 7.17. The molecule has 0 radical (unpaired) electrons. The highest BCUT2D eigenvalue weighted by Crippen LogP contribution is 2.32. The van der Waals surface area contributed by atoms with Crippen molar-refractivity contribution < 1.29 is 14.3 Å². The van der Waals surface area contributed by atoms with Gasteiger partial charge in [0, 0.05) is 42.7 Å². The minimum absolute atomic E-state index is 0.0872. The van der Waals surface area contributed by atoms with Gasteiger partial charge in [0.25, 0.3) is 0 Å². The Morgan fingerprint density at radius 1 is 1.39 bits per heavy atom. The van der Waals surface area contributed by atoms with Gasteiger partial charge < -0.3 is 14.6 Å². The molecule has 1 aromatic carbocycles. The molecule has 0 unspecified atom stereocenters. The first kappa shape index (κ1) is 19.6. The Hall–Kier alpha value is -3.18. The lowest BCUT2D eigenvalue weighted by Crippen LogP contribution is -2.24. The van der Waals surface area contributed by atoms with Gasteiger partial charge in [-0.15, -0.1) is 11.3 Å². The van der Waals surface area contributed by atoms with Crippen LogP contribution in [0.3, 0.4) is 0 Å². The molecule has 2 heterocycles. The van der Waals surface area contributed by atoms with E-state index in [-0.39, 0.29) is 11.9 Å². The average Bonchev–Trinajstić information content (AvgIpc) is 3.22. The average molecular weight is 396 g/mol. The smallest absolute Gasteiger partial charge is 0.350 e. The number of nitrogens with zero attached hydrogens (tertiary/aromatic N) is 3. The van der Waals surface area contributed by atoms with Gasteiger partial charge in [0.05, 0.1) is 17.9 Å². The summed E-state index contributed by atoms with van der Waals surface area (Å²) in [7, 11) is 0. The SMILES string of the molecule is CCOC(=O)c1sc(-c2ccc3c(c2)c(C#N)cn3CCNC(C)=O)nc1C. The normalized spacial score (nSPS) is 10.6.